The molecule has 0 amide bonds. The zero-order valence-electron chi connectivity index (χ0n) is 12.4. The second-order valence-electron chi connectivity index (χ2n) is 6.33. The maximum absolute atomic E-state index is 12.3. The number of esters is 1. The van der Waals surface area contributed by atoms with E-state index in [9.17, 15) is 18.0 Å². The summed E-state index contributed by atoms with van der Waals surface area (Å²) in [5, 5.41) is 2.54. The van der Waals surface area contributed by atoms with Gasteiger partial charge in [0.15, 0.2) is 0 Å². The highest BCUT2D eigenvalue weighted by molar-refractivity contribution is 5.72. The van der Waals surface area contributed by atoms with Gasteiger partial charge in [-0.15, -0.1) is 0 Å². The predicted octanol–water partition coefficient (Wildman–Crippen LogP) is 1.80. The number of ether oxygens (including phenoxy) is 1. The lowest BCUT2D eigenvalue weighted by atomic mass is 9.79. The molecule has 1 N–H and O–H groups in total. The summed E-state index contributed by atoms with van der Waals surface area (Å²) >= 11 is 0. The number of hydrogen-bond acceptors (Lipinski definition) is 4. The molecule has 21 heavy (non-hydrogen) atoms. The van der Waals surface area contributed by atoms with Gasteiger partial charge in [-0.2, -0.15) is 13.2 Å². The second-order valence-corrected chi connectivity index (χ2v) is 6.33. The van der Waals surface area contributed by atoms with E-state index < -0.39 is 12.7 Å². The summed E-state index contributed by atoms with van der Waals surface area (Å²) < 4.78 is 41.8. The second kappa shape index (κ2) is 6.52. The maximum atomic E-state index is 12.3. The van der Waals surface area contributed by atoms with Gasteiger partial charge in [0.2, 0.25) is 0 Å². The molecule has 1 heterocycles. The Morgan fingerprint density at radius 2 is 1.95 bits per heavy atom. The Labute approximate surface area is 123 Å². The van der Waals surface area contributed by atoms with E-state index in [0.717, 1.165) is 12.8 Å². The number of rotatable bonds is 4. The first-order valence-electron chi connectivity index (χ1n) is 7.40. The van der Waals surface area contributed by atoms with Gasteiger partial charge in [0.25, 0.3) is 0 Å². The highest BCUT2D eigenvalue weighted by atomic mass is 19.4. The van der Waals surface area contributed by atoms with E-state index in [1.165, 1.54) is 7.11 Å². The normalized spacial score (nSPS) is 34.3. The van der Waals surface area contributed by atoms with Gasteiger partial charge in [0.05, 0.1) is 19.6 Å². The molecule has 0 aromatic heterocycles. The maximum Gasteiger partial charge on any atom is 0.401 e. The fraction of sp³-hybridized carbons (Fsp3) is 0.929. The average Bonchev–Trinajstić information content (AvgIpc) is 2.39. The van der Waals surface area contributed by atoms with Crippen LogP contribution in [0.3, 0.4) is 0 Å². The van der Waals surface area contributed by atoms with Crippen molar-refractivity contribution in [3.8, 4) is 0 Å². The number of alkyl halides is 3. The number of carbonyl (C=O) groups is 1. The summed E-state index contributed by atoms with van der Waals surface area (Å²) in [6, 6.07) is 0.0722. The Kier molecular flexibility index (Phi) is 5.14. The molecule has 7 heteroatoms. The minimum atomic E-state index is -4.23. The van der Waals surface area contributed by atoms with Crippen LogP contribution in [0.15, 0.2) is 0 Å². The van der Waals surface area contributed by atoms with E-state index in [-0.39, 0.29) is 17.9 Å². The van der Waals surface area contributed by atoms with Gasteiger partial charge < -0.3 is 10.1 Å². The molecule has 0 spiro atoms. The molecule has 2 unspecified atom stereocenters. The van der Waals surface area contributed by atoms with Crippen LogP contribution < -0.4 is 5.32 Å². The summed E-state index contributed by atoms with van der Waals surface area (Å²) in [7, 11) is 1.32. The highest BCUT2D eigenvalue weighted by Gasteiger charge is 2.39. The number of halogens is 3. The van der Waals surface area contributed by atoms with Crippen LogP contribution in [0, 0.1) is 11.8 Å². The number of likely N-dealkylation sites (tertiary alicyclic amines) is 1. The number of nitrogens with zero attached hydrogens (tertiary/aromatic N) is 1. The van der Waals surface area contributed by atoms with Crippen LogP contribution >= 0.6 is 0 Å². The van der Waals surface area contributed by atoms with E-state index >= 15 is 0 Å². The molecule has 2 atom stereocenters. The molecule has 0 bridgehead atoms. The van der Waals surface area contributed by atoms with Gasteiger partial charge in [0.1, 0.15) is 0 Å². The molecular formula is C14H23F3N2O2. The third-order valence-corrected chi connectivity index (χ3v) is 4.47. The summed E-state index contributed by atoms with van der Waals surface area (Å²) in [6.45, 7) is 2.31. The van der Waals surface area contributed by atoms with Crippen LogP contribution in [0.25, 0.3) is 0 Å². The Morgan fingerprint density at radius 3 is 2.48 bits per heavy atom. The minimum absolute atomic E-state index is 0.319. The monoisotopic (exact) mass is 308 g/mol. The zero-order valence-corrected chi connectivity index (χ0v) is 12.4. The van der Waals surface area contributed by atoms with Gasteiger partial charge in [-0.1, -0.05) is 6.92 Å². The fourth-order valence-corrected chi connectivity index (χ4v) is 3.33. The van der Waals surface area contributed by atoms with E-state index in [0.29, 0.717) is 31.5 Å². The topological polar surface area (TPSA) is 41.6 Å². The number of methoxy groups -OCH3 is 1. The van der Waals surface area contributed by atoms with E-state index in [4.69, 9.17) is 4.74 Å². The Balaban J connectivity index is 1.94. The van der Waals surface area contributed by atoms with Gasteiger partial charge in [-0.25, -0.2) is 0 Å². The van der Waals surface area contributed by atoms with Crippen molar-refractivity contribution in [3.63, 3.8) is 0 Å². The summed E-state index contributed by atoms with van der Waals surface area (Å²) in [4.78, 5) is 13.9. The summed E-state index contributed by atoms with van der Waals surface area (Å²) in [5.41, 5.74) is 0. The number of carbonyl (C=O) groups excluding carboxylic acids is 1. The summed E-state index contributed by atoms with van der Waals surface area (Å²) in [5.74, 6) is -0.00800. The van der Waals surface area contributed by atoms with Crippen LogP contribution in [-0.2, 0) is 9.53 Å². The van der Waals surface area contributed by atoms with Crippen molar-refractivity contribution >= 4 is 5.97 Å². The Hall–Kier alpha value is -0.820. The van der Waals surface area contributed by atoms with Crippen molar-refractivity contribution in [1.82, 2.24) is 10.2 Å². The molecule has 1 saturated carbocycles. The first-order chi connectivity index (χ1) is 9.78. The van der Waals surface area contributed by atoms with Gasteiger partial charge in [-0.3, -0.25) is 9.69 Å². The third-order valence-electron chi connectivity index (χ3n) is 4.47. The van der Waals surface area contributed by atoms with Crippen molar-refractivity contribution < 1.29 is 22.7 Å². The molecule has 122 valence electrons. The summed E-state index contributed by atoms with van der Waals surface area (Å²) in [6.07, 6.45) is -1.71. The fourth-order valence-electron chi connectivity index (χ4n) is 3.33. The zero-order chi connectivity index (χ0) is 15.6. The van der Waals surface area contributed by atoms with Crippen LogP contribution in [0.1, 0.15) is 26.2 Å². The van der Waals surface area contributed by atoms with Crippen molar-refractivity contribution in [1.29, 1.82) is 0 Å². The first-order valence-corrected chi connectivity index (χ1v) is 7.40. The van der Waals surface area contributed by atoms with Gasteiger partial charge >= 0.3 is 12.1 Å². The first kappa shape index (κ1) is 16.5. The predicted molar refractivity (Wildman–Crippen MR) is 71.7 cm³/mol. The molecule has 2 rings (SSSR count). The average molecular weight is 308 g/mol. The number of piperidine rings is 1. The minimum Gasteiger partial charge on any atom is -0.469 e. The smallest absolute Gasteiger partial charge is 0.401 e. The largest absolute Gasteiger partial charge is 0.469 e. The Morgan fingerprint density at radius 1 is 1.29 bits per heavy atom. The quantitative estimate of drug-likeness (QED) is 0.804. The van der Waals surface area contributed by atoms with E-state index in [1.54, 1.807) is 0 Å². The molecule has 4 nitrogen and oxygen atoms in total. The molecule has 1 saturated heterocycles. The SMILES string of the molecule is COC(=O)C1CC(NCC(F)(F)F)CN(C2CC(C)C2)C1. The molecule has 1 aliphatic carbocycles. The number of hydrogen-bond donors (Lipinski definition) is 1. The standard InChI is InChI=1S/C14H23F3N2O2/c1-9-3-12(4-9)19-6-10(13(20)21-2)5-11(7-19)18-8-14(15,16)17/h9-12,18H,3-8H2,1-2H3. The molecule has 2 aliphatic rings. The Bertz CT molecular complexity index is 370. The van der Waals surface area contributed by atoms with Crippen molar-refractivity contribution in [2.45, 2.75) is 44.4 Å². The van der Waals surface area contributed by atoms with Gasteiger partial charge in [-0.05, 0) is 25.2 Å². The molecule has 2 fully saturated rings. The lowest BCUT2D eigenvalue weighted by Crippen LogP contribution is -2.57. The lowest BCUT2D eigenvalue weighted by Gasteiger charge is -2.47. The van der Waals surface area contributed by atoms with Crippen molar-refractivity contribution in [2.24, 2.45) is 11.8 Å². The molecular weight excluding hydrogens is 285 g/mol. The molecule has 0 radical (unpaired) electrons. The van der Waals surface area contributed by atoms with Crippen LogP contribution in [0.5, 0.6) is 0 Å². The molecule has 0 aromatic carbocycles. The van der Waals surface area contributed by atoms with E-state index in [2.05, 4.69) is 17.1 Å². The molecule has 1 aliphatic heterocycles. The van der Waals surface area contributed by atoms with Crippen LogP contribution in [0.2, 0.25) is 0 Å². The highest BCUT2D eigenvalue weighted by Crippen LogP contribution is 2.34. The lowest BCUT2D eigenvalue weighted by molar-refractivity contribution is -0.149. The number of nitrogens with one attached hydrogen (secondary N) is 1. The van der Waals surface area contributed by atoms with E-state index in [1.807, 2.05) is 0 Å². The third kappa shape index (κ3) is 4.57. The van der Waals surface area contributed by atoms with Crippen molar-refractivity contribution in [2.75, 3.05) is 26.7 Å². The van der Waals surface area contributed by atoms with Crippen molar-refractivity contribution in [3.05, 3.63) is 0 Å². The van der Waals surface area contributed by atoms with Crippen LogP contribution in [-0.4, -0.2) is 55.9 Å². The van der Waals surface area contributed by atoms with Gasteiger partial charge in [0, 0.05) is 25.2 Å². The molecule has 0 aromatic rings. The van der Waals surface area contributed by atoms with Crippen LogP contribution in [0.4, 0.5) is 13.2 Å².